The molecule has 2 N–H and O–H groups in total. The minimum Gasteiger partial charge on any atom is -0.494 e. The Hall–Kier alpha value is -3.06. The summed E-state index contributed by atoms with van der Waals surface area (Å²) in [4.78, 5) is 4.17. The average molecular weight is 383 g/mol. The number of sulfonamides is 1. The van der Waals surface area contributed by atoms with Crippen molar-refractivity contribution in [2.24, 2.45) is 0 Å². The lowest BCUT2D eigenvalue weighted by molar-refractivity contribution is 0.340. The molecule has 2 aromatic carbocycles. The van der Waals surface area contributed by atoms with Crippen molar-refractivity contribution in [3.63, 3.8) is 0 Å². The van der Waals surface area contributed by atoms with Crippen molar-refractivity contribution in [3.8, 4) is 5.75 Å². The van der Waals surface area contributed by atoms with E-state index in [4.69, 9.17) is 4.74 Å². The second-order valence-electron chi connectivity index (χ2n) is 5.80. The molecule has 7 heteroatoms. The average Bonchev–Trinajstić information content (AvgIpc) is 2.69. The molecule has 3 rings (SSSR count). The summed E-state index contributed by atoms with van der Waals surface area (Å²) in [7, 11) is -3.65. The maximum atomic E-state index is 12.5. The van der Waals surface area contributed by atoms with Gasteiger partial charge in [-0.15, -0.1) is 0 Å². The predicted molar refractivity (Wildman–Crippen MR) is 106 cm³/mol. The Morgan fingerprint density at radius 1 is 0.889 bits per heavy atom. The first kappa shape index (κ1) is 18.7. The second-order valence-corrected chi connectivity index (χ2v) is 7.48. The monoisotopic (exact) mass is 383 g/mol. The summed E-state index contributed by atoms with van der Waals surface area (Å²) >= 11 is 0. The van der Waals surface area contributed by atoms with Crippen LogP contribution in [0, 0.1) is 0 Å². The van der Waals surface area contributed by atoms with E-state index in [1.165, 1.54) is 12.1 Å². The molecule has 0 amide bonds. The number of pyridine rings is 1. The summed E-state index contributed by atoms with van der Waals surface area (Å²) in [5, 5.41) is 3.28. The van der Waals surface area contributed by atoms with Crippen LogP contribution >= 0.6 is 0 Å². The fraction of sp³-hybridized carbons (Fsp3) is 0.150. The number of benzene rings is 2. The molecular weight excluding hydrogens is 362 g/mol. The van der Waals surface area contributed by atoms with Crippen LogP contribution in [0.2, 0.25) is 0 Å². The molecule has 0 saturated carbocycles. The van der Waals surface area contributed by atoms with Gasteiger partial charge >= 0.3 is 0 Å². The molecule has 140 valence electrons. The van der Waals surface area contributed by atoms with Crippen molar-refractivity contribution in [3.05, 3.63) is 78.6 Å². The van der Waals surface area contributed by atoms with Crippen molar-refractivity contribution in [2.75, 3.05) is 16.6 Å². The van der Waals surface area contributed by atoms with Gasteiger partial charge in [-0.1, -0.05) is 0 Å². The highest BCUT2D eigenvalue weighted by molar-refractivity contribution is 7.92. The van der Waals surface area contributed by atoms with Crippen LogP contribution in [-0.2, 0) is 16.6 Å². The predicted octanol–water partition coefficient (Wildman–Crippen LogP) is 3.89. The number of nitrogens with zero attached hydrogens (tertiary/aromatic N) is 1. The van der Waals surface area contributed by atoms with E-state index in [2.05, 4.69) is 15.0 Å². The zero-order chi connectivity index (χ0) is 19.1. The van der Waals surface area contributed by atoms with E-state index < -0.39 is 10.0 Å². The van der Waals surface area contributed by atoms with Gasteiger partial charge in [0.05, 0.1) is 11.5 Å². The molecule has 0 radical (unpaired) electrons. The summed E-state index contributed by atoms with van der Waals surface area (Å²) in [6, 6.07) is 17.3. The third kappa shape index (κ3) is 5.21. The SMILES string of the molecule is CCOc1ccc(S(=O)(=O)Nc2ccc(NCc3ccncc3)cc2)cc1. The van der Waals surface area contributed by atoms with Crippen molar-refractivity contribution in [1.29, 1.82) is 0 Å². The van der Waals surface area contributed by atoms with Gasteiger partial charge < -0.3 is 10.1 Å². The molecule has 0 fully saturated rings. The van der Waals surface area contributed by atoms with Crippen molar-refractivity contribution in [2.45, 2.75) is 18.4 Å². The van der Waals surface area contributed by atoms with E-state index >= 15 is 0 Å². The van der Waals surface area contributed by atoms with E-state index in [0.717, 1.165) is 11.3 Å². The summed E-state index contributed by atoms with van der Waals surface area (Å²) in [6.45, 7) is 3.08. The van der Waals surface area contributed by atoms with Crippen LogP contribution in [-0.4, -0.2) is 20.0 Å². The Morgan fingerprint density at radius 3 is 2.15 bits per heavy atom. The number of nitrogens with one attached hydrogen (secondary N) is 2. The van der Waals surface area contributed by atoms with E-state index in [9.17, 15) is 8.42 Å². The topological polar surface area (TPSA) is 80.3 Å². The molecule has 0 aliphatic rings. The Morgan fingerprint density at radius 2 is 1.52 bits per heavy atom. The zero-order valence-corrected chi connectivity index (χ0v) is 15.7. The minimum absolute atomic E-state index is 0.186. The highest BCUT2D eigenvalue weighted by atomic mass is 32.2. The van der Waals surface area contributed by atoms with E-state index in [-0.39, 0.29) is 4.90 Å². The molecule has 0 atom stereocenters. The van der Waals surface area contributed by atoms with Gasteiger partial charge in [0.1, 0.15) is 5.75 Å². The smallest absolute Gasteiger partial charge is 0.261 e. The molecular formula is C20H21N3O3S. The maximum absolute atomic E-state index is 12.5. The number of ether oxygens (including phenoxy) is 1. The number of anilines is 2. The molecule has 6 nitrogen and oxygen atoms in total. The van der Waals surface area contributed by atoms with E-state index in [1.54, 1.807) is 36.7 Å². The first-order valence-corrected chi connectivity index (χ1v) is 10.0. The Bertz CT molecular complexity index is 958. The normalized spacial score (nSPS) is 11.0. The highest BCUT2D eigenvalue weighted by Gasteiger charge is 2.14. The number of aromatic nitrogens is 1. The second kappa shape index (κ2) is 8.55. The number of rotatable bonds is 8. The Kier molecular flexibility index (Phi) is 5.93. The van der Waals surface area contributed by atoms with Crippen LogP contribution in [0.3, 0.4) is 0 Å². The lowest BCUT2D eigenvalue weighted by Crippen LogP contribution is -2.12. The quantitative estimate of drug-likeness (QED) is 0.617. The number of hydrogen-bond acceptors (Lipinski definition) is 5. The zero-order valence-electron chi connectivity index (χ0n) is 14.9. The summed E-state index contributed by atoms with van der Waals surface area (Å²) in [5.41, 5.74) is 2.51. The first-order chi connectivity index (χ1) is 13.1. The fourth-order valence-corrected chi connectivity index (χ4v) is 3.52. The van der Waals surface area contributed by atoms with Gasteiger partial charge in [-0.2, -0.15) is 0 Å². The van der Waals surface area contributed by atoms with Gasteiger partial charge in [0.25, 0.3) is 10.0 Å². The standard InChI is InChI=1S/C20H21N3O3S/c1-2-26-19-7-9-20(10-8-19)27(24,25)23-18-5-3-17(4-6-18)22-15-16-11-13-21-14-12-16/h3-14,22-23H,2,15H2,1H3. The molecule has 0 aliphatic carbocycles. The van der Waals surface area contributed by atoms with Gasteiger partial charge in [0, 0.05) is 30.3 Å². The third-order valence-electron chi connectivity index (χ3n) is 3.83. The third-order valence-corrected chi connectivity index (χ3v) is 5.23. The summed E-state index contributed by atoms with van der Waals surface area (Å²) in [6.07, 6.45) is 3.49. The summed E-state index contributed by atoms with van der Waals surface area (Å²) < 4.78 is 32.9. The molecule has 0 spiro atoms. The summed E-state index contributed by atoms with van der Waals surface area (Å²) in [5.74, 6) is 0.640. The van der Waals surface area contributed by atoms with Crippen LogP contribution in [0.4, 0.5) is 11.4 Å². The van der Waals surface area contributed by atoms with Crippen LogP contribution in [0.1, 0.15) is 12.5 Å². The Labute approximate surface area is 159 Å². The van der Waals surface area contributed by atoms with Gasteiger partial charge in [-0.3, -0.25) is 9.71 Å². The molecule has 0 unspecified atom stereocenters. The van der Waals surface area contributed by atoms with Crippen molar-refractivity contribution < 1.29 is 13.2 Å². The molecule has 1 heterocycles. The number of hydrogen-bond donors (Lipinski definition) is 2. The van der Waals surface area contributed by atoms with Crippen molar-refractivity contribution in [1.82, 2.24) is 4.98 Å². The first-order valence-electron chi connectivity index (χ1n) is 8.55. The van der Waals surface area contributed by atoms with Crippen LogP contribution in [0.15, 0.2) is 78.0 Å². The van der Waals surface area contributed by atoms with E-state index in [1.807, 2.05) is 31.2 Å². The van der Waals surface area contributed by atoms with Crippen LogP contribution in [0.25, 0.3) is 0 Å². The van der Waals surface area contributed by atoms with E-state index in [0.29, 0.717) is 24.6 Å². The van der Waals surface area contributed by atoms with Crippen LogP contribution in [0.5, 0.6) is 5.75 Å². The lowest BCUT2D eigenvalue weighted by Gasteiger charge is -2.11. The van der Waals surface area contributed by atoms with Gasteiger partial charge in [-0.25, -0.2) is 8.42 Å². The van der Waals surface area contributed by atoms with Gasteiger partial charge in [-0.05, 0) is 73.2 Å². The Balaban J connectivity index is 1.62. The molecule has 27 heavy (non-hydrogen) atoms. The van der Waals surface area contributed by atoms with Gasteiger partial charge in [0.15, 0.2) is 0 Å². The molecule has 0 bridgehead atoms. The molecule has 0 saturated heterocycles. The fourth-order valence-electron chi connectivity index (χ4n) is 2.46. The van der Waals surface area contributed by atoms with Crippen molar-refractivity contribution >= 4 is 21.4 Å². The maximum Gasteiger partial charge on any atom is 0.261 e. The van der Waals surface area contributed by atoms with Crippen LogP contribution < -0.4 is 14.8 Å². The molecule has 3 aromatic rings. The highest BCUT2D eigenvalue weighted by Crippen LogP contribution is 2.21. The molecule has 0 aliphatic heterocycles. The molecule has 1 aromatic heterocycles. The van der Waals surface area contributed by atoms with Gasteiger partial charge in [0.2, 0.25) is 0 Å². The largest absolute Gasteiger partial charge is 0.494 e. The lowest BCUT2D eigenvalue weighted by atomic mass is 10.2. The minimum atomic E-state index is -3.65.